The predicted molar refractivity (Wildman–Crippen MR) is 273 cm³/mol. The van der Waals surface area contributed by atoms with Gasteiger partial charge in [0.15, 0.2) is 0 Å². The molecule has 11 rings (SSSR count). The predicted octanol–water partition coefficient (Wildman–Crippen LogP) is 15.6. The standard InChI is InChI=1S/C45H41N2O.C14H16NSi.Ir/c1-25(2)28-14-11-15-29(26(3)4)41(28)47-38-21-10-9-20-37(38)46-43(47)32-18-12-17-31-34-22-27-23-36-40-30(33(27)24-39(34)48-42(31)32)16-13-19-35(40)44(5,6)45(36,7)8;1-16(2,3)13-9-10-14(15-11-13)12-7-5-4-6-8-12;/h9-17,19-26H,1-8H3;4-7,9-11H,1-3H3;/q2*-1;. The molecule has 65 heavy (non-hydrogen) atoms. The number of furan rings is 1. The third kappa shape index (κ3) is 7.20. The molecule has 0 amide bonds. The van der Waals surface area contributed by atoms with Gasteiger partial charge in [-0.15, -0.1) is 54.1 Å². The maximum Gasteiger partial charge on any atom is 0.121 e. The SMILES string of the molecule is CC(C)c1cccc(C(C)C)c1-n1c(-c2[c-]ccc3c2oc2cc4c(cc5c6c(cccc64)C(C)(C)C5(C)C)cc23)nc2ccccc21.C[Si](C)(C)c1ccc(-c2[c-]cccc2)nc1.[Ir]. The quantitative estimate of drug-likeness (QED) is 0.0947. The molecule has 3 aromatic heterocycles. The summed E-state index contributed by atoms with van der Waals surface area (Å²) in [7, 11) is -1.23. The van der Waals surface area contributed by atoms with Crippen LogP contribution in [-0.4, -0.2) is 22.6 Å². The first-order chi connectivity index (χ1) is 30.6. The summed E-state index contributed by atoms with van der Waals surface area (Å²) in [4.78, 5) is 9.83. The molecule has 0 fully saturated rings. The van der Waals surface area contributed by atoms with E-state index in [1.807, 2.05) is 36.5 Å². The normalized spacial score (nSPS) is 14.2. The third-order valence-corrected chi connectivity index (χ3v) is 16.4. The van der Waals surface area contributed by atoms with Gasteiger partial charge in [0.25, 0.3) is 0 Å². The van der Waals surface area contributed by atoms with Crippen LogP contribution >= 0.6 is 0 Å². The van der Waals surface area contributed by atoms with Crippen LogP contribution in [0.15, 0.2) is 138 Å². The van der Waals surface area contributed by atoms with E-state index in [2.05, 4.69) is 194 Å². The zero-order valence-corrected chi connectivity index (χ0v) is 42.8. The Kier molecular flexibility index (Phi) is 11.2. The Bertz CT molecular complexity index is 3400. The van der Waals surface area contributed by atoms with Crippen LogP contribution in [-0.2, 0) is 30.9 Å². The van der Waals surface area contributed by atoms with Gasteiger partial charge in [0, 0.05) is 37.4 Å². The Labute approximate surface area is 398 Å². The maximum absolute atomic E-state index is 6.91. The molecule has 0 saturated heterocycles. The van der Waals surface area contributed by atoms with Crippen molar-refractivity contribution in [1.82, 2.24) is 14.5 Å². The summed E-state index contributed by atoms with van der Waals surface area (Å²) in [6.45, 7) is 25.7. The summed E-state index contributed by atoms with van der Waals surface area (Å²) in [6.07, 6.45) is 2.02. The van der Waals surface area contributed by atoms with Gasteiger partial charge in [0.2, 0.25) is 0 Å². The number of para-hydroxylation sites is 3. The second-order valence-corrected chi connectivity index (χ2v) is 25.6. The average molecular weight is 1040 g/mol. The van der Waals surface area contributed by atoms with E-state index in [1.165, 1.54) is 54.7 Å². The maximum atomic E-state index is 6.91. The van der Waals surface area contributed by atoms with Gasteiger partial charge in [0.05, 0.1) is 30.5 Å². The summed E-state index contributed by atoms with van der Waals surface area (Å²) in [6, 6.07) is 52.3. The van der Waals surface area contributed by atoms with Crippen molar-refractivity contribution >= 4 is 67.8 Å². The van der Waals surface area contributed by atoms with Crippen molar-refractivity contribution in [3.05, 3.63) is 168 Å². The Morgan fingerprint density at radius 3 is 2.03 bits per heavy atom. The molecule has 329 valence electrons. The summed E-state index contributed by atoms with van der Waals surface area (Å²) in [5.41, 5.74) is 13.5. The fraction of sp³-hybridized carbons (Fsp3) is 0.254. The monoisotopic (exact) mass is 1040 g/mol. The Morgan fingerprint density at radius 1 is 0.646 bits per heavy atom. The first kappa shape index (κ1) is 44.5. The number of hydrogen-bond donors (Lipinski definition) is 0. The van der Waals surface area contributed by atoms with Crippen LogP contribution in [0.2, 0.25) is 19.6 Å². The molecule has 0 saturated carbocycles. The Morgan fingerprint density at radius 2 is 1.35 bits per heavy atom. The molecule has 4 nitrogen and oxygen atoms in total. The van der Waals surface area contributed by atoms with Crippen LogP contribution in [0.5, 0.6) is 0 Å². The zero-order valence-electron chi connectivity index (χ0n) is 39.4. The largest absolute Gasteiger partial charge is 0.501 e. The summed E-state index contributed by atoms with van der Waals surface area (Å²) in [5.74, 6) is 1.54. The van der Waals surface area contributed by atoms with Crippen molar-refractivity contribution in [2.75, 3.05) is 0 Å². The number of aromatic nitrogens is 3. The van der Waals surface area contributed by atoms with Crippen LogP contribution in [0.3, 0.4) is 0 Å². The van der Waals surface area contributed by atoms with Crippen molar-refractivity contribution in [1.29, 1.82) is 0 Å². The number of benzene rings is 7. The van der Waals surface area contributed by atoms with Crippen molar-refractivity contribution in [3.8, 4) is 28.3 Å². The molecule has 0 unspecified atom stereocenters. The Hall–Kier alpha value is -5.65. The zero-order chi connectivity index (χ0) is 44.9. The Balaban J connectivity index is 0.000000266. The van der Waals surface area contributed by atoms with Gasteiger partial charge in [-0.3, -0.25) is 4.98 Å². The molecule has 1 aliphatic carbocycles. The van der Waals surface area contributed by atoms with Crippen molar-refractivity contribution < 1.29 is 24.5 Å². The van der Waals surface area contributed by atoms with Gasteiger partial charge in [-0.1, -0.05) is 147 Å². The molecule has 3 heterocycles. The minimum atomic E-state index is -1.23. The van der Waals surface area contributed by atoms with Gasteiger partial charge in [-0.25, -0.2) is 0 Å². The van der Waals surface area contributed by atoms with Crippen molar-refractivity contribution in [2.45, 2.75) is 97.7 Å². The first-order valence-electron chi connectivity index (χ1n) is 22.9. The number of nitrogens with zero attached hydrogens (tertiary/aromatic N) is 3. The second-order valence-electron chi connectivity index (χ2n) is 20.5. The van der Waals surface area contributed by atoms with Crippen LogP contribution in [0, 0.1) is 12.1 Å². The second kappa shape index (κ2) is 16.3. The fourth-order valence-electron chi connectivity index (χ4n) is 10.0. The number of rotatable bonds is 6. The van der Waals surface area contributed by atoms with E-state index in [1.54, 1.807) is 0 Å². The van der Waals surface area contributed by atoms with Gasteiger partial charge in [0.1, 0.15) is 5.58 Å². The minimum Gasteiger partial charge on any atom is -0.501 e. The minimum absolute atomic E-state index is 0. The van der Waals surface area contributed by atoms with Crippen LogP contribution in [0.4, 0.5) is 0 Å². The third-order valence-electron chi connectivity index (χ3n) is 14.4. The van der Waals surface area contributed by atoms with Crippen molar-refractivity contribution in [3.63, 3.8) is 0 Å². The molecule has 0 spiro atoms. The van der Waals surface area contributed by atoms with Gasteiger partial charge >= 0.3 is 0 Å². The number of imidazole rings is 1. The van der Waals surface area contributed by atoms with E-state index in [4.69, 9.17) is 9.40 Å². The summed E-state index contributed by atoms with van der Waals surface area (Å²) in [5, 5.41) is 8.81. The summed E-state index contributed by atoms with van der Waals surface area (Å²) < 4.78 is 9.28. The van der Waals surface area contributed by atoms with E-state index in [0.29, 0.717) is 11.8 Å². The molecule has 0 N–H and O–H groups in total. The molecule has 7 aromatic carbocycles. The smallest absolute Gasteiger partial charge is 0.121 e. The number of hydrogen-bond acceptors (Lipinski definition) is 3. The molecular formula is C59H57IrN3OSi-2. The molecule has 6 heteroatoms. The van der Waals surface area contributed by atoms with E-state index in [0.717, 1.165) is 55.6 Å². The van der Waals surface area contributed by atoms with Crippen LogP contribution < -0.4 is 5.19 Å². The van der Waals surface area contributed by atoms with E-state index in [-0.39, 0.29) is 30.9 Å². The number of fused-ring (bicyclic) bond motifs is 6. The molecule has 0 bridgehead atoms. The molecule has 0 atom stereocenters. The molecule has 0 aliphatic heterocycles. The molecular weight excluding hydrogens is 987 g/mol. The van der Waals surface area contributed by atoms with Crippen LogP contribution in [0.25, 0.3) is 82.8 Å². The van der Waals surface area contributed by atoms with Crippen molar-refractivity contribution in [2.24, 2.45) is 0 Å². The fourth-order valence-corrected chi connectivity index (χ4v) is 11.1. The first-order valence-corrected chi connectivity index (χ1v) is 26.4. The van der Waals surface area contributed by atoms with Gasteiger partial charge < -0.3 is 14.0 Å². The van der Waals surface area contributed by atoms with E-state index in [9.17, 15) is 0 Å². The molecule has 1 radical (unpaired) electrons. The topological polar surface area (TPSA) is 43.9 Å². The molecule has 10 aromatic rings. The number of pyridine rings is 1. The summed E-state index contributed by atoms with van der Waals surface area (Å²) >= 11 is 0. The van der Waals surface area contributed by atoms with E-state index >= 15 is 0 Å². The molecule has 1 aliphatic rings. The van der Waals surface area contributed by atoms with Gasteiger partial charge in [-0.2, -0.15) is 0 Å². The average Bonchev–Trinajstić information content (AvgIpc) is 3.90. The van der Waals surface area contributed by atoms with Gasteiger partial charge in [-0.05, 0) is 108 Å². The van der Waals surface area contributed by atoms with E-state index < -0.39 is 8.07 Å². The van der Waals surface area contributed by atoms with Crippen LogP contribution in [0.1, 0.15) is 89.5 Å².